The highest BCUT2D eigenvalue weighted by molar-refractivity contribution is 6.30. The van der Waals surface area contributed by atoms with E-state index in [1.165, 1.54) is 48.3 Å². The molecule has 0 radical (unpaired) electrons. The minimum absolute atomic E-state index is 0.00616. The van der Waals surface area contributed by atoms with E-state index in [1.807, 2.05) is 41.3 Å². The van der Waals surface area contributed by atoms with Crippen molar-refractivity contribution in [3.8, 4) is 0 Å². The fourth-order valence-corrected chi connectivity index (χ4v) is 7.02. The van der Waals surface area contributed by atoms with Crippen LogP contribution in [0.4, 0.5) is 5.69 Å². The molecule has 3 aromatic carbocycles. The number of benzene rings is 3. The third-order valence-electron chi connectivity index (χ3n) is 9.25. The number of nitrogens with one attached hydrogen (secondary N) is 1. The average molecular weight is 600 g/mol. The van der Waals surface area contributed by atoms with Crippen LogP contribution in [0.1, 0.15) is 47.6 Å². The number of likely N-dealkylation sites (tertiary alicyclic amines) is 1. The molecule has 2 fully saturated rings. The van der Waals surface area contributed by atoms with E-state index in [0.29, 0.717) is 31.0 Å². The number of carbonyl (C=O) groups is 2. The molecule has 0 unspecified atom stereocenters. The van der Waals surface area contributed by atoms with Gasteiger partial charge in [-0.2, -0.15) is 0 Å². The van der Waals surface area contributed by atoms with E-state index >= 15 is 0 Å². The molecule has 3 heterocycles. The Bertz CT molecular complexity index is 1420. The summed E-state index contributed by atoms with van der Waals surface area (Å²) in [4.78, 5) is 36.5. The zero-order valence-electron chi connectivity index (χ0n) is 25.1. The van der Waals surface area contributed by atoms with Gasteiger partial charge in [0, 0.05) is 68.9 Å². The topological polar surface area (TPSA) is 59.1 Å². The van der Waals surface area contributed by atoms with Gasteiger partial charge in [-0.3, -0.25) is 19.4 Å². The SMILES string of the molecule is CN1Cc2ccccc2[C@H]1CC(=O)N[C@H](Cc1ccc(Cl)cc1)C(=O)N1CCN(c2ccccc2CN2CCCC2)CC1. The molecule has 226 valence electrons. The van der Waals surface area contributed by atoms with E-state index in [9.17, 15) is 9.59 Å². The number of piperazine rings is 1. The maximum absolute atomic E-state index is 14.0. The van der Waals surface area contributed by atoms with E-state index in [-0.39, 0.29) is 17.9 Å². The number of nitrogens with zero attached hydrogens (tertiary/aromatic N) is 4. The first-order valence-electron chi connectivity index (χ1n) is 15.6. The predicted octanol–water partition coefficient (Wildman–Crippen LogP) is 4.89. The highest BCUT2D eigenvalue weighted by Gasteiger charge is 2.33. The number of fused-ring (bicyclic) bond motifs is 1. The first-order chi connectivity index (χ1) is 20.9. The summed E-state index contributed by atoms with van der Waals surface area (Å²) in [6.45, 7) is 6.94. The Kier molecular flexibility index (Phi) is 9.31. The maximum Gasteiger partial charge on any atom is 0.245 e. The van der Waals surface area contributed by atoms with E-state index < -0.39 is 6.04 Å². The molecule has 0 bridgehead atoms. The number of halogens is 1. The largest absolute Gasteiger partial charge is 0.368 e. The Balaban J connectivity index is 1.12. The molecule has 0 aliphatic carbocycles. The fraction of sp³-hybridized carbons (Fsp3) is 0.429. The first kappa shape index (κ1) is 29.7. The van der Waals surface area contributed by atoms with Gasteiger partial charge in [0.25, 0.3) is 0 Å². The summed E-state index contributed by atoms with van der Waals surface area (Å²) in [5, 5.41) is 3.79. The molecule has 6 rings (SSSR count). The molecule has 0 aromatic heterocycles. The van der Waals surface area contributed by atoms with E-state index in [0.717, 1.165) is 31.7 Å². The molecular weight excluding hydrogens is 558 g/mol. The molecule has 0 spiro atoms. The van der Waals surface area contributed by atoms with E-state index in [1.54, 1.807) is 0 Å². The maximum atomic E-state index is 14.0. The van der Waals surface area contributed by atoms with Crippen LogP contribution in [-0.4, -0.2) is 78.9 Å². The predicted molar refractivity (Wildman–Crippen MR) is 172 cm³/mol. The number of anilines is 1. The summed E-state index contributed by atoms with van der Waals surface area (Å²) in [5.74, 6) is -0.121. The van der Waals surface area contributed by atoms with Crippen LogP contribution in [0.2, 0.25) is 5.02 Å². The summed E-state index contributed by atoms with van der Waals surface area (Å²) in [5.41, 5.74) is 6.06. The number of hydrogen-bond acceptors (Lipinski definition) is 5. The van der Waals surface area contributed by atoms with Gasteiger partial charge in [-0.25, -0.2) is 0 Å². The molecule has 7 nitrogen and oxygen atoms in total. The molecule has 3 aromatic rings. The lowest BCUT2D eigenvalue weighted by molar-refractivity contribution is -0.137. The van der Waals surface area contributed by atoms with Crippen molar-refractivity contribution in [3.63, 3.8) is 0 Å². The monoisotopic (exact) mass is 599 g/mol. The van der Waals surface area contributed by atoms with E-state index in [2.05, 4.69) is 63.5 Å². The highest BCUT2D eigenvalue weighted by Crippen LogP contribution is 2.34. The van der Waals surface area contributed by atoms with Gasteiger partial charge in [0.1, 0.15) is 6.04 Å². The standard InChI is InChI=1S/C35H42ClN5O2/c1-38-24-27-8-2-4-10-30(27)33(38)23-34(42)37-31(22-26-12-14-29(36)15-13-26)35(43)41-20-18-40(19-21-41)32-11-5-3-9-28(32)25-39-16-6-7-17-39/h2-5,8-15,31,33H,6-7,16-25H2,1H3,(H,37,42)/t31-,33-/m1/s1. The third kappa shape index (κ3) is 7.06. The minimum atomic E-state index is -0.635. The smallest absolute Gasteiger partial charge is 0.245 e. The highest BCUT2D eigenvalue weighted by atomic mass is 35.5. The second-order valence-corrected chi connectivity index (χ2v) is 12.6. The first-order valence-corrected chi connectivity index (χ1v) is 16.0. The number of amides is 2. The number of para-hydroxylation sites is 1. The zero-order valence-corrected chi connectivity index (χ0v) is 25.8. The van der Waals surface area contributed by atoms with Crippen molar-refractivity contribution >= 4 is 29.1 Å². The fourth-order valence-electron chi connectivity index (χ4n) is 6.89. The number of rotatable bonds is 9. The van der Waals surface area contributed by atoms with Crippen LogP contribution in [0, 0.1) is 0 Å². The lowest BCUT2D eigenvalue weighted by atomic mass is 10.0. The van der Waals surface area contributed by atoms with Crippen LogP contribution in [0.5, 0.6) is 0 Å². The van der Waals surface area contributed by atoms with Crippen LogP contribution in [0.3, 0.4) is 0 Å². The van der Waals surface area contributed by atoms with Gasteiger partial charge >= 0.3 is 0 Å². The second-order valence-electron chi connectivity index (χ2n) is 12.2. The van der Waals surface area contributed by atoms with Crippen LogP contribution >= 0.6 is 11.6 Å². The van der Waals surface area contributed by atoms with Gasteiger partial charge in [0.05, 0.1) is 0 Å². The lowest BCUT2D eigenvalue weighted by Gasteiger charge is -2.38. The minimum Gasteiger partial charge on any atom is -0.368 e. The summed E-state index contributed by atoms with van der Waals surface area (Å²) in [6, 6.07) is 23.9. The molecular formula is C35H42ClN5O2. The normalized spacial score (nSPS) is 19.8. The van der Waals surface area contributed by atoms with E-state index in [4.69, 9.17) is 11.6 Å². The molecule has 0 saturated carbocycles. The summed E-state index contributed by atoms with van der Waals surface area (Å²) >= 11 is 6.13. The van der Waals surface area contributed by atoms with Gasteiger partial charge in [-0.05, 0) is 73.4 Å². The van der Waals surface area contributed by atoms with Gasteiger partial charge in [0.2, 0.25) is 11.8 Å². The third-order valence-corrected chi connectivity index (χ3v) is 9.50. The van der Waals surface area contributed by atoms with Gasteiger partial charge < -0.3 is 15.1 Å². The van der Waals surface area contributed by atoms with Crippen molar-refractivity contribution in [1.29, 1.82) is 0 Å². The Morgan fingerprint density at radius 3 is 2.35 bits per heavy atom. The molecule has 3 aliphatic heterocycles. The van der Waals surface area contributed by atoms with Gasteiger partial charge in [-0.15, -0.1) is 0 Å². The zero-order chi connectivity index (χ0) is 29.8. The summed E-state index contributed by atoms with van der Waals surface area (Å²) < 4.78 is 0. The molecule has 3 aliphatic rings. The molecule has 2 atom stereocenters. The molecule has 43 heavy (non-hydrogen) atoms. The van der Waals surface area contributed by atoms with Crippen molar-refractivity contribution in [2.45, 2.75) is 50.9 Å². The van der Waals surface area contributed by atoms with Crippen molar-refractivity contribution in [3.05, 3.63) is 100 Å². The Morgan fingerprint density at radius 1 is 0.884 bits per heavy atom. The van der Waals surface area contributed by atoms with Crippen LogP contribution in [-0.2, 0) is 29.1 Å². The Morgan fingerprint density at radius 2 is 1.58 bits per heavy atom. The Hall–Kier alpha value is -3.39. The molecule has 2 amide bonds. The van der Waals surface area contributed by atoms with Crippen molar-refractivity contribution in [1.82, 2.24) is 20.0 Å². The summed E-state index contributed by atoms with van der Waals surface area (Å²) in [6.07, 6.45) is 3.31. The number of hydrogen-bond donors (Lipinski definition) is 1. The molecule has 8 heteroatoms. The second kappa shape index (κ2) is 13.5. The van der Waals surface area contributed by atoms with Crippen molar-refractivity contribution in [2.75, 3.05) is 51.2 Å². The Labute approximate surface area is 260 Å². The quantitative estimate of drug-likeness (QED) is 0.380. The molecule has 1 N–H and O–H groups in total. The van der Waals surface area contributed by atoms with Crippen LogP contribution in [0.15, 0.2) is 72.8 Å². The number of carbonyl (C=O) groups excluding carboxylic acids is 2. The van der Waals surface area contributed by atoms with Gasteiger partial charge in [0.15, 0.2) is 0 Å². The van der Waals surface area contributed by atoms with Crippen LogP contribution in [0.25, 0.3) is 0 Å². The van der Waals surface area contributed by atoms with Crippen molar-refractivity contribution in [2.24, 2.45) is 0 Å². The van der Waals surface area contributed by atoms with Gasteiger partial charge in [-0.1, -0.05) is 66.2 Å². The van der Waals surface area contributed by atoms with Crippen LogP contribution < -0.4 is 10.2 Å². The summed E-state index contributed by atoms with van der Waals surface area (Å²) in [7, 11) is 2.05. The van der Waals surface area contributed by atoms with Crippen molar-refractivity contribution < 1.29 is 9.59 Å². The average Bonchev–Trinajstić information content (AvgIpc) is 3.65. The lowest BCUT2D eigenvalue weighted by Crippen LogP contribution is -2.56. The molecule has 2 saturated heterocycles.